The largest absolute Gasteiger partial charge is 0.379 e. The third kappa shape index (κ3) is 2.06. The summed E-state index contributed by atoms with van der Waals surface area (Å²) in [7, 11) is 2.02. The van der Waals surface area contributed by atoms with Crippen LogP contribution in [0.4, 0.5) is 0 Å². The summed E-state index contributed by atoms with van der Waals surface area (Å²) in [5.41, 5.74) is 0. The highest BCUT2D eigenvalue weighted by Crippen LogP contribution is 2.21. The van der Waals surface area contributed by atoms with Crippen molar-refractivity contribution in [1.82, 2.24) is 14.9 Å². The van der Waals surface area contributed by atoms with Crippen LogP contribution in [-0.2, 0) is 11.2 Å². The first kappa shape index (κ1) is 10.6. The van der Waals surface area contributed by atoms with Gasteiger partial charge < -0.3 is 14.6 Å². The molecule has 0 amide bonds. The number of imidazole rings is 1. The van der Waals surface area contributed by atoms with Gasteiger partial charge in [-0.05, 0) is 13.5 Å². The summed E-state index contributed by atoms with van der Waals surface area (Å²) < 4.78 is 7.80. The second-order valence-corrected chi connectivity index (χ2v) is 3.93. The minimum Gasteiger partial charge on any atom is -0.379 e. The summed E-state index contributed by atoms with van der Waals surface area (Å²) in [5, 5.41) is 3.36. The molecule has 1 aliphatic rings. The molecule has 0 aromatic carbocycles. The molecule has 2 rings (SSSR count). The van der Waals surface area contributed by atoms with Crippen molar-refractivity contribution in [2.45, 2.75) is 31.8 Å². The number of nitrogens with zero attached hydrogens (tertiary/aromatic N) is 2. The molecule has 1 aliphatic heterocycles. The van der Waals surface area contributed by atoms with Crippen molar-refractivity contribution in [3.05, 3.63) is 18.2 Å². The highest BCUT2D eigenvalue weighted by atomic mass is 16.5. The lowest BCUT2D eigenvalue weighted by atomic mass is 10.0. The number of hydrogen-bond acceptors (Lipinski definition) is 3. The Bertz CT molecular complexity index is 311. The first-order valence-electron chi connectivity index (χ1n) is 5.63. The molecule has 1 aromatic heterocycles. The molecule has 0 radical (unpaired) electrons. The Morgan fingerprint density at radius 2 is 2.53 bits per heavy atom. The second-order valence-electron chi connectivity index (χ2n) is 3.93. The summed E-state index contributed by atoms with van der Waals surface area (Å²) in [6.07, 6.45) is 5.98. The molecule has 4 nitrogen and oxygen atoms in total. The highest BCUT2D eigenvalue weighted by Gasteiger charge is 2.26. The molecule has 2 heterocycles. The SMILES string of the molecule is CCc1nccn1C1COCCC1NC. The molecule has 2 unspecified atom stereocenters. The van der Waals surface area contributed by atoms with Crippen LogP contribution in [0.25, 0.3) is 0 Å². The molecule has 1 saturated heterocycles. The van der Waals surface area contributed by atoms with Crippen LogP contribution in [-0.4, -0.2) is 35.9 Å². The average Bonchev–Trinajstić information content (AvgIpc) is 2.76. The van der Waals surface area contributed by atoms with Crippen LogP contribution < -0.4 is 5.32 Å². The van der Waals surface area contributed by atoms with Gasteiger partial charge in [-0.1, -0.05) is 6.92 Å². The fraction of sp³-hybridized carbons (Fsp3) is 0.727. The van der Waals surface area contributed by atoms with E-state index in [1.54, 1.807) is 0 Å². The van der Waals surface area contributed by atoms with Gasteiger partial charge in [-0.3, -0.25) is 0 Å². The molecule has 4 heteroatoms. The zero-order valence-corrected chi connectivity index (χ0v) is 9.44. The van der Waals surface area contributed by atoms with E-state index in [0.29, 0.717) is 12.1 Å². The summed E-state index contributed by atoms with van der Waals surface area (Å²) in [5.74, 6) is 1.14. The van der Waals surface area contributed by atoms with Crippen LogP contribution in [0, 0.1) is 0 Å². The lowest BCUT2D eigenvalue weighted by Gasteiger charge is -2.33. The first-order valence-corrected chi connectivity index (χ1v) is 5.63. The zero-order chi connectivity index (χ0) is 10.7. The van der Waals surface area contributed by atoms with E-state index in [2.05, 4.69) is 28.0 Å². The maximum Gasteiger partial charge on any atom is 0.108 e. The number of hydrogen-bond donors (Lipinski definition) is 1. The summed E-state index contributed by atoms with van der Waals surface area (Å²) in [6.45, 7) is 3.78. The molecule has 0 bridgehead atoms. The fourth-order valence-corrected chi connectivity index (χ4v) is 2.25. The molecule has 1 N–H and O–H groups in total. The predicted molar refractivity (Wildman–Crippen MR) is 58.9 cm³/mol. The van der Waals surface area contributed by atoms with Crippen LogP contribution in [0.15, 0.2) is 12.4 Å². The first-order chi connectivity index (χ1) is 7.36. The van der Waals surface area contributed by atoms with Crippen molar-refractivity contribution in [2.75, 3.05) is 20.3 Å². The topological polar surface area (TPSA) is 39.1 Å². The number of likely N-dealkylation sites (N-methyl/N-ethyl adjacent to an activating group) is 1. The van der Waals surface area contributed by atoms with Gasteiger partial charge in [0.15, 0.2) is 0 Å². The molecule has 0 saturated carbocycles. The van der Waals surface area contributed by atoms with Crippen molar-refractivity contribution in [3.63, 3.8) is 0 Å². The van der Waals surface area contributed by atoms with Crippen LogP contribution >= 0.6 is 0 Å². The Balaban J connectivity index is 2.20. The van der Waals surface area contributed by atoms with E-state index in [1.807, 2.05) is 13.2 Å². The van der Waals surface area contributed by atoms with Crippen molar-refractivity contribution in [1.29, 1.82) is 0 Å². The Kier molecular flexibility index (Phi) is 3.38. The smallest absolute Gasteiger partial charge is 0.108 e. The summed E-state index contributed by atoms with van der Waals surface area (Å²) in [6, 6.07) is 0.888. The van der Waals surface area contributed by atoms with Gasteiger partial charge in [-0.15, -0.1) is 0 Å². The Hall–Kier alpha value is -0.870. The predicted octanol–water partition coefficient (Wildman–Crippen LogP) is 0.995. The van der Waals surface area contributed by atoms with Crippen LogP contribution in [0.1, 0.15) is 25.2 Å². The number of rotatable bonds is 3. The summed E-state index contributed by atoms with van der Waals surface area (Å²) >= 11 is 0. The van der Waals surface area contributed by atoms with E-state index < -0.39 is 0 Å². The lowest BCUT2D eigenvalue weighted by molar-refractivity contribution is 0.0381. The number of aromatic nitrogens is 2. The molecular weight excluding hydrogens is 190 g/mol. The van der Waals surface area contributed by atoms with Crippen LogP contribution in [0.3, 0.4) is 0 Å². The van der Waals surface area contributed by atoms with E-state index >= 15 is 0 Å². The molecule has 0 spiro atoms. The Morgan fingerprint density at radius 1 is 1.67 bits per heavy atom. The quantitative estimate of drug-likeness (QED) is 0.807. The van der Waals surface area contributed by atoms with Crippen molar-refractivity contribution in [2.24, 2.45) is 0 Å². The number of ether oxygens (including phenoxy) is 1. The summed E-state index contributed by atoms with van der Waals surface area (Å²) in [4.78, 5) is 4.36. The molecular formula is C11H19N3O. The molecule has 1 aromatic rings. The van der Waals surface area contributed by atoms with Crippen LogP contribution in [0.2, 0.25) is 0 Å². The monoisotopic (exact) mass is 209 g/mol. The van der Waals surface area contributed by atoms with E-state index in [1.165, 1.54) is 0 Å². The minimum atomic E-state index is 0.390. The van der Waals surface area contributed by atoms with Gasteiger partial charge >= 0.3 is 0 Å². The van der Waals surface area contributed by atoms with Crippen LogP contribution in [0.5, 0.6) is 0 Å². The van der Waals surface area contributed by atoms with E-state index in [0.717, 1.165) is 31.9 Å². The normalized spacial score (nSPS) is 26.8. The minimum absolute atomic E-state index is 0.390. The maximum absolute atomic E-state index is 5.55. The highest BCUT2D eigenvalue weighted by molar-refractivity contribution is 4.98. The molecule has 2 atom stereocenters. The second kappa shape index (κ2) is 4.77. The lowest BCUT2D eigenvalue weighted by Crippen LogP contribution is -2.42. The molecule has 15 heavy (non-hydrogen) atoms. The van der Waals surface area contributed by atoms with E-state index in [9.17, 15) is 0 Å². The number of aryl methyl sites for hydroxylation is 1. The average molecular weight is 209 g/mol. The maximum atomic E-state index is 5.55. The Labute approximate surface area is 90.6 Å². The molecule has 1 fully saturated rings. The van der Waals surface area contributed by atoms with Gasteiger partial charge in [0, 0.05) is 31.5 Å². The molecule has 84 valence electrons. The molecule has 0 aliphatic carbocycles. The number of nitrogens with one attached hydrogen (secondary N) is 1. The van der Waals surface area contributed by atoms with Gasteiger partial charge in [0.05, 0.1) is 12.6 Å². The van der Waals surface area contributed by atoms with Crippen molar-refractivity contribution in [3.8, 4) is 0 Å². The fourth-order valence-electron chi connectivity index (χ4n) is 2.25. The van der Waals surface area contributed by atoms with E-state index in [4.69, 9.17) is 4.74 Å². The van der Waals surface area contributed by atoms with Gasteiger partial charge in [-0.25, -0.2) is 4.98 Å². The standard InChI is InChI=1S/C11H19N3O/c1-3-11-13-5-6-14(11)10-8-15-7-4-9(10)12-2/h5-6,9-10,12H,3-4,7-8H2,1-2H3. The van der Waals surface area contributed by atoms with Gasteiger partial charge in [0.2, 0.25) is 0 Å². The van der Waals surface area contributed by atoms with Gasteiger partial charge in [0.25, 0.3) is 0 Å². The zero-order valence-electron chi connectivity index (χ0n) is 9.44. The van der Waals surface area contributed by atoms with Crippen molar-refractivity contribution >= 4 is 0 Å². The van der Waals surface area contributed by atoms with Gasteiger partial charge in [0.1, 0.15) is 5.82 Å². The van der Waals surface area contributed by atoms with Crippen molar-refractivity contribution < 1.29 is 4.74 Å². The third-order valence-corrected chi connectivity index (χ3v) is 3.12. The van der Waals surface area contributed by atoms with E-state index in [-0.39, 0.29) is 0 Å². The third-order valence-electron chi connectivity index (χ3n) is 3.12. The Morgan fingerprint density at radius 3 is 3.27 bits per heavy atom. The van der Waals surface area contributed by atoms with Gasteiger partial charge in [-0.2, -0.15) is 0 Å².